The summed E-state index contributed by atoms with van der Waals surface area (Å²) in [5.41, 5.74) is 4.92. The average Bonchev–Trinajstić information content (AvgIpc) is 3.12. The summed E-state index contributed by atoms with van der Waals surface area (Å²) >= 11 is 1.57. The van der Waals surface area contributed by atoms with E-state index in [0.717, 1.165) is 43.2 Å². The number of aromatic nitrogens is 1. The Kier molecular flexibility index (Phi) is 5.39. The van der Waals surface area contributed by atoms with Crippen LogP contribution in [0.4, 0.5) is 5.13 Å². The molecule has 0 saturated heterocycles. The van der Waals surface area contributed by atoms with E-state index in [0.29, 0.717) is 13.2 Å². The van der Waals surface area contributed by atoms with Crippen LogP contribution in [0.15, 0.2) is 59.7 Å². The number of nitrogens with one attached hydrogen (secondary N) is 1. The fourth-order valence-electron chi connectivity index (χ4n) is 3.05. The van der Waals surface area contributed by atoms with Gasteiger partial charge in [0.25, 0.3) is 0 Å². The van der Waals surface area contributed by atoms with Crippen molar-refractivity contribution in [2.24, 2.45) is 5.10 Å². The third kappa shape index (κ3) is 3.77. The number of nitrogens with zero attached hydrogens (tertiary/aromatic N) is 2. The van der Waals surface area contributed by atoms with E-state index in [9.17, 15) is 0 Å². The number of benzene rings is 3. The molecule has 3 aromatic carbocycles. The molecular weight excluding hydrogens is 370 g/mol. The quantitative estimate of drug-likeness (QED) is 0.325. The molecule has 0 unspecified atom stereocenters. The topological polar surface area (TPSA) is 55.7 Å². The standard InChI is InChI=1S/C22H21N3O2S/c1-3-26-16-11-9-15-10-12-20(27-4-2)18(17(15)13-16)14-23-25-22-24-19-7-5-6-8-21(19)28-22/h5-14H,3-4H2,1-2H3,(H,24,25)/b23-14-. The van der Waals surface area contributed by atoms with E-state index in [1.807, 2.05) is 62.4 Å². The first kappa shape index (κ1) is 18.3. The molecule has 0 aliphatic heterocycles. The molecule has 0 fully saturated rings. The molecule has 0 aliphatic rings. The van der Waals surface area contributed by atoms with E-state index >= 15 is 0 Å². The highest BCUT2D eigenvalue weighted by Gasteiger charge is 2.09. The van der Waals surface area contributed by atoms with Crippen molar-refractivity contribution in [2.45, 2.75) is 13.8 Å². The SMILES string of the molecule is CCOc1ccc2ccc(OCC)c(/C=N\Nc3nc4ccccc4s3)c2c1. The zero-order valence-electron chi connectivity index (χ0n) is 15.8. The van der Waals surface area contributed by atoms with Crippen LogP contribution in [0, 0.1) is 0 Å². The van der Waals surface area contributed by atoms with Gasteiger partial charge in [-0.1, -0.05) is 35.6 Å². The first-order valence-corrected chi connectivity index (χ1v) is 10.1. The fourth-order valence-corrected chi connectivity index (χ4v) is 3.86. The van der Waals surface area contributed by atoms with Crippen molar-refractivity contribution in [2.75, 3.05) is 18.6 Å². The van der Waals surface area contributed by atoms with Crippen LogP contribution in [-0.2, 0) is 0 Å². The van der Waals surface area contributed by atoms with E-state index in [2.05, 4.69) is 21.6 Å². The van der Waals surface area contributed by atoms with E-state index in [1.54, 1.807) is 17.6 Å². The number of hydrazone groups is 1. The van der Waals surface area contributed by atoms with Gasteiger partial charge in [0.1, 0.15) is 11.5 Å². The molecule has 142 valence electrons. The summed E-state index contributed by atoms with van der Waals surface area (Å²) in [5, 5.41) is 7.32. The molecule has 0 amide bonds. The molecule has 28 heavy (non-hydrogen) atoms. The van der Waals surface area contributed by atoms with Gasteiger partial charge in [0.2, 0.25) is 5.13 Å². The second kappa shape index (κ2) is 8.27. The van der Waals surface area contributed by atoms with Crippen molar-refractivity contribution in [3.63, 3.8) is 0 Å². The summed E-state index contributed by atoms with van der Waals surface area (Å²) < 4.78 is 12.6. The predicted octanol–water partition coefficient (Wildman–Crippen LogP) is 5.69. The molecule has 0 saturated carbocycles. The molecule has 1 heterocycles. The van der Waals surface area contributed by atoms with Crippen LogP contribution >= 0.6 is 11.3 Å². The molecule has 0 atom stereocenters. The Balaban J connectivity index is 1.68. The number of para-hydroxylation sites is 1. The van der Waals surface area contributed by atoms with Crippen LogP contribution < -0.4 is 14.9 Å². The lowest BCUT2D eigenvalue weighted by molar-refractivity contribution is 0.339. The maximum atomic E-state index is 5.82. The molecule has 0 bridgehead atoms. The number of hydrogen-bond acceptors (Lipinski definition) is 6. The van der Waals surface area contributed by atoms with Crippen LogP contribution in [0.3, 0.4) is 0 Å². The maximum Gasteiger partial charge on any atom is 0.204 e. The van der Waals surface area contributed by atoms with Crippen molar-refractivity contribution >= 4 is 43.7 Å². The van der Waals surface area contributed by atoms with Crippen LogP contribution in [-0.4, -0.2) is 24.4 Å². The van der Waals surface area contributed by atoms with Gasteiger partial charge in [0.05, 0.1) is 29.6 Å². The fraction of sp³-hybridized carbons (Fsp3) is 0.182. The largest absolute Gasteiger partial charge is 0.494 e. The van der Waals surface area contributed by atoms with Crippen LogP contribution in [0.1, 0.15) is 19.4 Å². The van der Waals surface area contributed by atoms with Gasteiger partial charge in [-0.2, -0.15) is 5.10 Å². The molecule has 1 N–H and O–H groups in total. The first-order chi connectivity index (χ1) is 13.8. The van der Waals surface area contributed by atoms with E-state index < -0.39 is 0 Å². The van der Waals surface area contributed by atoms with Gasteiger partial charge in [-0.05, 0) is 55.0 Å². The monoisotopic (exact) mass is 391 g/mol. The van der Waals surface area contributed by atoms with Gasteiger partial charge in [0, 0.05) is 5.56 Å². The van der Waals surface area contributed by atoms with Crippen molar-refractivity contribution < 1.29 is 9.47 Å². The van der Waals surface area contributed by atoms with Crippen molar-refractivity contribution in [1.29, 1.82) is 0 Å². The molecule has 4 rings (SSSR count). The van der Waals surface area contributed by atoms with Crippen molar-refractivity contribution in [1.82, 2.24) is 4.98 Å². The lowest BCUT2D eigenvalue weighted by Crippen LogP contribution is -1.99. The Morgan fingerprint density at radius 3 is 2.68 bits per heavy atom. The Morgan fingerprint density at radius 2 is 1.86 bits per heavy atom. The smallest absolute Gasteiger partial charge is 0.204 e. The molecular formula is C22H21N3O2S. The number of fused-ring (bicyclic) bond motifs is 2. The molecule has 5 nitrogen and oxygen atoms in total. The summed E-state index contributed by atoms with van der Waals surface area (Å²) in [4.78, 5) is 4.55. The number of ether oxygens (including phenoxy) is 2. The molecule has 0 spiro atoms. The zero-order valence-corrected chi connectivity index (χ0v) is 16.6. The van der Waals surface area contributed by atoms with Gasteiger partial charge in [-0.25, -0.2) is 4.98 Å². The minimum Gasteiger partial charge on any atom is -0.494 e. The summed E-state index contributed by atoms with van der Waals surface area (Å²) in [5.74, 6) is 1.62. The average molecular weight is 391 g/mol. The summed E-state index contributed by atoms with van der Waals surface area (Å²) in [6.07, 6.45) is 1.79. The van der Waals surface area contributed by atoms with Gasteiger partial charge in [-0.15, -0.1) is 0 Å². The summed E-state index contributed by atoms with van der Waals surface area (Å²) in [7, 11) is 0. The second-order valence-corrected chi connectivity index (χ2v) is 7.11. The van der Waals surface area contributed by atoms with E-state index in [1.165, 1.54) is 0 Å². The number of thiazole rings is 1. The van der Waals surface area contributed by atoms with Crippen LogP contribution in [0.2, 0.25) is 0 Å². The predicted molar refractivity (Wildman–Crippen MR) is 117 cm³/mol. The van der Waals surface area contributed by atoms with Gasteiger partial charge in [0.15, 0.2) is 0 Å². The molecule has 6 heteroatoms. The number of hydrogen-bond donors (Lipinski definition) is 1. The normalized spacial score (nSPS) is 11.4. The third-order valence-electron chi connectivity index (χ3n) is 4.25. The first-order valence-electron chi connectivity index (χ1n) is 9.25. The third-order valence-corrected chi connectivity index (χ3v) is 5.19. The van der Waals surface area contributed by atoms with E-state index in [4.69, 9.17) is 9.47 Å². The molecule has 4 aromatic rings. The Morgan fingerprint density at radius 1 is 1.04 bits per heavy atom. The molecule has 0 radical (unpaired) electrons. The van der Waals surface area contributed by atoms with Gasteiger partial charge < -0.3 is 9.47 Å². The summed E-state index contributed by atoms with van der Waals surface area (Å²) in [6, 6.07) is 18.1. The summed E-state index contributed by atoms with van der Waals surface area (Å²) in [6.45, 7) is 5.16. The second-order valence-electron chi connectivity index (χ2n) is 6.08. The highest BCUT2D eigenvalue weighted by molar-refractivity contribution is 7.22. The number of rotatable bonds is 7. The van der Waals surface area contributed by atoms with Crippen molar-refractivity contribution in [3.05, 3.63) is 60.2 Å². The van der Waals surface area contributed by atoms with E-state index in [-0.39, 0.29) is 0 Å². The lowest BCUT2D eigenvalue weighted by atomic mass is 10.0. The zero-order chi connectivity index (χ0) is 19.3. The lowest BCUT2D eigenvalue weighted by Gasteiger charge is -2.11. The molecule has 1 aromatic heterocycles. The van der Waals surface area contributed by atoms with Gasteiger partial charge in [-0.3, -0.25) is 5.43 Å². The maximum absolute atomic E-state index is 5.82. The molecule has 0 aliphatic carbocycles. The van der Waals surface area contributed by atoms with Crippen LogP contribution in [0.25, 0.3) is 21.0 Å². The Bertz CT molecular complexity index is 1100. The van der Waals surface area contributed by atoms with Crippen molar-refractivity contribution in [3.8, 4) is 11.5 Å². The minimum absolute atomic E-state index is 0.586. The number of anilines is 1. The Hall–Kier alpha value is -3.12. The van der Waals surface area contributed by atoms with Gasteiger partial charge >= 0.3 is 0 Å². The minimum atomic E-state index is 0.586. The highest BCUT2D eigenvalue weighted by atomic mass is 32.1. The van der Waals surface area contributed by atoms with Crippen LogP contribution in [0.5, 0.6) is 11.5 Å². The Labute approximate surface area is 167 Å². The highest BCUT2D eigenvalue weighted by Crippen LogP contribution is 2.30.